The van der Waals surface area contributed by atoms with Crippen molar-refractivity contribution < 1.29 is 5.11 Å². The van der Waals surface area contributed by atoms with Gasteiger partial charge in [0.1, 0.15) is 0 Å². The van der Waals surface area contributed by atoms with Crippen molar-refractivity contribution in [1.82, 2.24) is 4.90 Å². The van der Waals surface area contributed by atoms with Crippen LogP contribution in [0.25, 0.3) is 0 Å². The van der Waals surface area contributed by atoms with E-state index in [1.807, 2.05) is 32.3 Å². The van der Waals surface area contributed by atoms with Gasteiger partial charge in [-0.25, -0.2) is 0 Å². The summed E-state index contributed by atoms with van der Waals surface area (Å²) >= 11 is 0. The van der Waals surface area contributed by atoms with E-state index in [1.165, 1.54) is 5.56 Å². The second kappa shape index (κ2) is 4.58. The molecule has 78 valence electrons. The minimum Gasteiger partial charge on any atom is -0.395 e. The summed E-state index contributed by atoms with van der Waals surface area (Å²) < 4.78 is 0. The van der Waals surface area contributed by atoms with Gasteiger partial charge in [0.25, 0.3) is 0 Å². The number of aliphatic hydroxyl groups is 1. The molecule has 0 heterocycles. The van der Waals surface area contributed by atoms with Gasteiger partial charge in [-0.15, -0.1) is 0 Å². The Bertz CT molecular complexity index is 271. The predicted molar refractivity (Wildman–Crippen MR) is 59.4 cm³/mol. The summed E-state index contributed by atoms with van der Waals surface area (Å²) in [6.45, 7) is 3.12. The molecule has 1 unspecified atom stereocenters. The Morgan fingerprint density at radius 2 is 1.79 bits per heavy atom. The first-order chi connectivity index (χ1) is 6.58. The Hall–Kier alpha value is -0.860. The van der Waals surface area contributed by atoms with Crippen LogP contribution >= 0.6 is 0 Å². The molecule has 0 bridgehead atoms. The molecule has 0 saturated carbocycles. The van der Waals surface area contributed by atoms with Crippen molar-refractivity contribution in [3.8, 4) is 0 Å². The normalized spacial score (nSPS) is 15.5. The van der Waals surface area contributed by atoms with Gasteiger partial charge in [-0.3, -0.25) is 0 Å². The van der Waals surface area contributed by atoms with Crippen molar-refractivity contribution in [3.05, 3.63) is 35.9 Å². The zero-order valence-electron chi connectivity index (χ0n) is 9.20. The fourth-order valence-corrected chi connectivity index (χ4v) is 1.77. The quantitative estimate of drug-likeness (QED) is 0.783. The molecule has 0 aromatic heterocycles. The van der Waals surface area contributed by atoms with Crippen LogP contribution in [0.1, 0.15) is 12.5 Å². The second-order valence-corrected chi connectivity index (χ2v) is 4.32. The van der Waals surface area contributed by atoms with Gasteiger partial charge >= 0.3 is 0 Å². The van der Waals surface area contributed by atoms with E-state index in [2.05, 4.69) is 24.0 Å². The maximum atomic E-state index is 9.46. The van der Waals surface area contributed by atoms with E-state index in [0.717, 1.165) is 6.54 Å². The molecule has 1 aromatic carbocycles. The summed E-state index contributed by atoms with van der Waals surface area (Å²) in [7, 11) is 4.05. The van der Waals surface area contributed by atoms with Gasteiger partial charge in [0.05, 0.1) is 6.61 Å². The molecule has 0 spiro atoms. The molecule has 1 rings (SSSR count). The van der Waals surface area contributed by atoms with Gasteiger partial charge in [-0.05, 0) is 19.7 Å². The Morgan fingerprint density at radius 3 is 2.21 bits per heavy atom. The standard InChI is InChI=1S/C12H19NO/c1-12(10-14,9-13(2)3)11-7-5-4-6-8-11/h4-8,14H,9-10H2,1-3H3. The van der Waals surface area contributed by atoms with E-state index < -0.39 is 0 Å². The van der Waals surface area contributed by atoms with Gasteiger partial charge in [0.15, 0.2) is 0 Å². The lowest BCUT2D eigenvalue weighted by Gasteiger charge is -2.31. The maximum Gasteiger partial charge on any atom is 0.0537 e. The van der Waals surface area contributed by atoms with Crippen LogP contribution < -0.4 is 0 Å². The lowest BCUT2D eigenvalue weighted by Crippen LogP contribution is -2.38. The van der Waals surface area contributed by atoms with Gasteiger partial charge < -0.3 is 10.0 Å². The SMILES string of the molecule is CN(C)CC(C)(CO)c1ccccc1. The van der Waals surface area contributed by atoms with Crippen molar-refractivity contribution in [3.63, 3.8) is 0 Å². The molecule has 2 heteroatoms. The zero-order chi connectivity index (χ0) is 10.6. The van der Waals surface area contributed by atoms with Crippen molar-refractivity contribution in [2.75, 3.05) is 27.2 Å². The monoisotopic (exact) mass is 193 g/mol. The van der Waals surface area contributed by atoms with E-state index >= 15 is 0 Å². The van der Waals surface area contributed by atoms with Crippen LogP contribution in [0.3, 0.4) is 0 Å². The second-order valence-electron chi connectivity index (χ2n) is 4.32. The number of likely N-dealkylation sites (N-methyl/N-ethyl adjacent to an activating group) is 1. The summed E-state index contributed by atoms with van der Waals surface area (Å²) in [5.41, 5.74) is 1.03. The lowest BCUT2D eigenvalue weighted by atomic mass is 9.83. The number of nitrogens with zero attached hydrogens (tertiary/aromatic N) is 1. The highest BCUT2D eigenvalue weighted by Crippen LogP contribution is 2.23. The van der Waals surface area contributed by atoms with Crippen LogP contribution in [-0.2, 0) is 5.41 Å². The molecule has 1 N–H and O–H groups in total. The third-order valence-electron chi connectivity index (χ3n) is 2.48. The van der Waals surface area contributed by atoms with E-state index in [9.17, 15) is 5.11 Å². The number of hydrogen-bond donors (Lipinski definition) is 1. The Balaban J connectivity index is 2.90. The Morgan fingerprint density at radius 1 is 1.21 bits per heavy atom. The van der Waals surface area contributed by atoms with Crippen LogP contribution in [0.2, 0.25) is 0 Å². The maximum absolute atomic E-state index is 9.46. The van der Waals surface area contributed by atoms with Crippen molar-refractivity contribution >= 4 is 0 Å². The van der Waals surface area contributed by atoms with Gasteiger partial charge in [0.2, 0.25) is 0 Å². The smallest absolute Gasteiger partial charge is 0.0537 e. The molecule has 0 amide bonds. The first-order valence-corrected chi connectivity index (χ1v) is 4.89. The Kier molecular flexibility index (Phi) is 3.67. The van der Waals surface area contributed by atoms with E-state index in [-0.39, 0.29) is 12.0 Å². The first kappa shape index (κ1) is 11.2. The Labute approximate surface area is 86.2 Å². The summed E-state index contributed by atoms with van der Waals surface area (Å²) in [5, 5.41) is 9.46. The van der Waals surface area contributed by atoms with E-state index in [1.54, 1.807) is 0 Å². The van der Waals surface area contributed by atoms with Gasteiger partial charge in [0, 0.05) is 12.0 Å². The largest absolute Gasteiger partial charge is 0.395 e. The summed E-state index contributed by atoms with van der Waals surface area (Å²) in [6, 6.07) is 10.2. The topological polar surface area (TPSA) is 23.5 Å². The molecule has 1 atom stereocenters. The molecule has 2 nitrogen and oxygen atoms in total. The molecule has 14 heavy (non-hydrogen) atoms. The molecule has 0 aliphatic rings. The number of rotatable bonds is 4. The molecule has 1 aromatic rings. The molecule has 0 radical (unpaired) electrons. The van der Waals surface area contributed by atoms with Crippen LogP contribution in [-0.4, -0.2) is 37.3 Å². The molecular formula is C12H19NO. The van der Waals surface area contributed by atoms with Gasteiger partial charge in [-0.1, -0.05) is 37.3 Å². The minimum atomic E-state index is -0.162. The third-order valence-corrected chi connectivity index (χ3v) is 2.48. The minimum absolute atomic E-state index is 0.162. The number of aliphatic hydroxyl groups excluding tert-OH is 1. The first-order valence-electron chi connectivity index (χ1n) is 4.89. The van der Waals surface area contributed by atoms with E-state index in [4.69, 9.17) is 0 Å². The third kappa shape index (κ3) is 2.56. The molecule has 0 aliphatic carbocycles. The predicted octanol–water partition coefficient (Wildman–Crippen LogP) is 1.50. The molecule has 0 saturated heterocycles. The van der Waals surface area contributed by atoms with Crippen molar-refractivity contribution in [2.24, 2.45) is 0 Å². The molecule has 0 fully saturated rings. The average molecular weight is 193 g/mol. The summed E-state index contributed by atoms with van der Waals surface area (Å²) in [5.74, 6) is 0. The van der Waals surface area contributed by atoms with Gasteiger partial charge in [-0.2, -0.15) is 0 Å². The molecular weight excluding hydrogens is 174 g/mol. The highest BCUT2D eigenvalue weighted by atomic mass is 16.3. The fraction of sp³-hybridized carbons (Fsp3) is 0.500. The van der Waals surface area contributed by atoms with Crippen molar-refractivity contribution in [2.45, 2.75) is 12.3 Å². The van der Waals surface area contributed by atoms with E-state index in [0.29, 0.717) is 0 Å². The average Bonchev–Trinajstić information content (AvgIpc) is 2.18. The number of hydrogen-bond acceptors (Lipinski definition) is 2. The highest BCUT2D eigenvalue weighted by molar-refractivity contribution is 5.25. The summed E-state index contributed by atoms with van der Waals surface area (Å²) in [4.78, 5) is 2.10. The van der Waals surface area contributed by atoms with Crippen LogP contribution in [0, 0.1) is 0 Å². The fourth-order valence-electron chi connectivity index (χ4n) is 1.77. The number of benzene rings is 1. The van der Waals surface area contributed by atoms with Crippen molar-refractivity contribution in [1.29, 1.82) is 0 Å². The molecule has 0 aliphatic heterocycles. The zero-order valence-corrected chi connectivity index (χ0v) is 9.20. The van der Waals surface area contributed by atoms with Crippen LogP contribution in [0.15, 0.2) is 30.3 Å². The highest BCUT2D eigenvalue weighted by Gasteiger charge is 2.26. The van der Waals surface area contributed by atoms with Crippen LogP contribution in [0.4, 0.5) is 0 Å². The summed E-state index contributed by atoms with van der Waals surface area (Å²) in [6.07, 6.45) is 0. The lowest BCUT2D eigenvalue weighted by molar-refractivity contribution is 0.171. The van der Waals surface area contributed by atoms with Crippen LogP contribution in [0.5, 0.6) is 0 Å².